The van der Waals surface area contributed by atoms with Gasteiger partial charge in [0.1, 0.15) is 6.61 Å². The molecule has 0 saturated carbocycles. The number of esters is 1. The fourth-order valence-electron chi connectivity index (χ4n) is 1.81. The van der Waals surface area contributed by atoms with E-state index in [9.17, 15) is 4.79 Å². The van der Waals surface area contributed by atoms with Crippen LogP contribution in [-0.4, -0.2) is 19.2 Å². The Hall–Kier alpha value is -1.61. The van der Waals surface area contributed by atoms with Crippen LogP contribution in [0.5, 0.6) is 0 Å². The van der Waals surface area contributed by atoms with Crippen LogP contribution >= 0.6 is 0 Å². The number of rotatable bonds is 5. The molecule has 1 atom stereocenters. The second-order valence-electron chi connectivity index (χ2n) is 4.18. The molecule has 1 aromatic carbocycles. The second kappa shape index (κ2) is 5.15. The number of carbonyl (C=O) groups is 1. The van der Waals surface area contributed by atoms with Crippen LogP contribution in [-0.2, 0) is 20.7 Å². The molecule has 3 nitrogen and oxygen atoms in total. The molecule has 3 heteroatoms. The van der Waals surface area contributed by atoms with E-state index in [4.69, 9.17) is 9.47 Å². The zero-order chi connectivity index (χ0) is 12.3. The van der Waals surface area contributed by atoms with Crippen molar-refractivity contribution in [3.63, 3.8) is 0 Å². The maximum absolute atomic E-state index is 11.1. The Morgan fingerprint density at radius 1 is 1.41 bits per heavy atom. The van der Waals surface area contributed by atoms with Crippen LogP contribution in [0.3, 0.4) is 0 Å². The van der Waals surface area contributed by atoms with Crippen molar-refractivity contribution < 1.29 is 14.3 Å². The van der Waals surface area contributed by atoms with E-state index in [1.54, 1.807) is 6.92 Å². The van der Waals surface area contributed by atoms with E-state index < -0.39 is 0 Å². The summed E-state index contributed by atoms with van der Waals surface area (Å²) < 4.78 is 10.6. The van der Waals surface area contributed by atoms with Gasteiger partial charge in [-0.3, -0.25) is 0 Å². The second-order valence-corrected chi connectivity index (χ2v) is 4.18. The van der Waals surface area contributed by atoms with Gasteiger partial charge in [0.2, 0.25) is 0 Å². The van der Waals surface area contributed by atoms with Crippen molar-refractivity contribution in [2.45, 2.75) is 19.4 Å². The SMILES string of the molecule is C=C(C)C(=O)OCCOC1Cc2ccccc21. The summed E-state index contributed by atoms with van der Waals surface area (Å²) in [5.74, 6) is -0.359. The van der Waals surface area contributed by atoms with Gasteiger partial charge < -0.3 is 9.47 Å². The summed E-state index contributed by atoms with van der Waals surface area (Å²) in [5, 5.41) is 0. The lowest BCUT2D eigenvalue weighted by molar-refractivity contribution is -0.141. The molecule has 0 spiro atoms. The zero-order valence-corrected chi connectivity index (χ0v) is 9.94. The van der Waals surface area contributed by atoms with E-state index in [1.165, 1.54) is 11.1 Å². The van der Waals surface area contributed by atoms with Crippen LogP contribution in [0.2, 0.25) is 0 Å². The van der Waals surface area contributed by atoms with E-state index in [2.05, 4.69) is 18.7 Å². The van der Waals surface area contributed by atoms with Gasteiger partial charge in [-0.15, -0.1) is 0 Å². The molecule has 1 unspecified atom stereocenters. The molecular weight excluding hydrogens is 216 g/mol. The predicted octanol–water partition coefficient (Wildman–Crippen LogP) is 2.42. The molecule has 0 aliphatic heterocycles. The van der Waals surface area contributed by atoms with Crippen LogP contribution in [0.1, 0.15) is 24.2 Å². The van der Waals surface area contributed by atoms with Crippen molar-refractivity contribution in [2.24, 2.45) is 0 Å². The topological polar surface area (TPSA) is 35.5 Å². The third-order valence-corrected chi connectivity index (χ3v) is 2.79. The Morgan fingerprint density at radius 2 is 2.18 bits per heavy atom. The first-order valence-corrected chi connectivity index (χ1v) is 5.70. The lowest BCUT2D eigenvalue weighted by Gasteiger charge is -2.29. The van der Waals surface area contributed by atoms with E-state index >= 15 is 0 Å². The quantitative estimate of drug-likeness (QED) is 0.444. The minimum absolute atomic E-state index is 0.162. The maximum atomic E-state index is 11.1. The predicted molar refractivity (Wildman–Crippen MR) is 64.6 cm³/mol. The highest BCUT2D eigenvalue weighted by Gasteiger charge is 2.25. The van der Waals surface area contributed by atoms with Crippen molar-refractivity contribution in [1.82, 2.24) is 0 Å². The van der Waals surface area contributed by atoms with Crippen LogP contribution < -0.4 is 0 Å². The van der Waals surface area contributed by atoms with E-state index in [0.717, 1.165) is 6.42 Å². The first-order chi connectivity index (χ1) is 8.18. The number of carbonyl (C=O) groups excluding carboxylic acids is 1. The Kier molecular flexibility index (Phi) is 3.59. The van der Waals surface area contributed by atoms with Gasteiger partial charge in [-0.1, -0.05) is 30.8 Å². The van der Waals surface area contributed by atoms with Crippen LogP contribution in [0.25, 0.3) is 0 Å². The molecule has 1 aromatic rings. The minimum atomic E-state index is -0.359. The molecule has 0 bridgehead atoms. The number of fused-ring (bicyclic) bond motifs is 1. The Labute approximate surface area is 101 Å². The molecule has 1 aliphatic rings. The van der Waals surface area contributed by atoms with E-state index in [1.807, 2.05) is 12.1 Å². The van der Waals surface area contributed by atoms with Crippen LogP contribution in [0.4, 0.5) is 0 Å². The van der Waals surface area contributed by atoms with Gasteiger partial charge in [0.25, 0.3) is 0 Å². The summed E-state index contributed by atoms with van der Waals surface area (Å²) >= 11 is 0. The fourth-order valence-corrected chi connectivity index (χ4v) is 1.81. The molecule has 90 valence electrons. The van der Waals surface area contributed by atoms with E-state index in [0.29, 0.717) is 12.2 Å². The Balaban J connectivity index is 1.68. The molecular formula is C14H16O3. The monoisotopic (exact) mass is 232 g/mol. The summed E-state index contributed by atoms with van der Waals surface area (Å²) in [5.41, 5.74) is 3.01. The van der Waals surface area contributed by atoms with Crippen molar-refractivity contribution in [1.29, 1.82) is 0 Å². The van der Waals surface area contributed by atoms with Gasteiger partial charge in [0.15, 0.2) is 0 Å². The van der Waals surface area contributed by atoms with Crippen molar-refractivity contribution in [3.05, 3.63) is 47.5 Å². The third kappa shape index (κ3) is 2.74. The van der Waals surface area contributed by atoms with Crippen LogP contribution in [0, 0.1) is 0 Å². The smallest absolute Gasteiger partial charge is 0.333 e. The van der Waals surface area contributed by atoms with Crippen LogP contribution in [0.15, 0.2) is 36.4 Å². The lowest BCUT2D eigenvalue weighted by atomic mass is 9.85. The first kappa shape index (κ1) is 11.9. The van der Waals surface area contributed by atoms with Gasteiger partial charge in [0, 0.05) is 12.0 Å². The summed E-state index contributed by atoms with van der Waals surface area (Å²) in [6.07, 6.45) is 1.11. The zero-order valence-electron chi connectivity index (χ0n) is 9.94. The average molecular weight is 232 g/mol. The lowest BCUT2D eigenvalue weighted by Crippen LogP contribution is -2.22. The van der Waals surface area contributed by atoms with Crippen molar-refractivity contribution in [2.75, 3.05) is 13.2 Å². The highest BCUT2D eigenvalue weighted by Crippen LogP contribution is 2.35. The number of hydrogen-bond donors (Lipinski definition) is 0. The summed E-state index contributed by atoms with van der Waals surface area (Å²) in [6, 6.07) is 8.22. The highest BCUT2D eigenvalue weighted by atomic mass is 16.6. The summed E-state index contributed by atoms with van der Waals surface area (Å²) in [6.45, 7) is 5.85. The van der Waals surface area contributed by atoms with Crippen molar-refractivity contribution >= 4 is 5.97 Å². The third-order valence-electron chi connectivity index (χ3n) is 2.79. The summed E-state index contributed by atoms with van der Waals surface area (Å²) in [7, 11) is 0. The number of benzene rings is 1. The van der Waals surface area contributed by atoms with Gasteiger partial charge >= 0.3 is 5.97 Å². The number of hydrogen-bond acceptors (Lipinski definition) is 3. The van der Waals surface area contributed by atoms with Gasteiger partial charge in [-0.05, 0) is 18.1 Å². The molecule has 1 aliphatic carbocycles. The molecule has 0 fully saturated rings. The van der Waals surface area contributed by atoms with Gasteiger partial charge in [-0.25, -0.2) is 4.79 Å². The maximum Gasteiger partial charge on any atom is 0.333 e. The van der Waals surface area contributed by atoms with Gasteiger partial charge in [-0.2, -0.15) is 0 Å². The largest absolute Gasteiger partial charge is 0.460 e. The van der Waals surface area contributed by atoms with Gasteiger partial charge in [0.05, 0.1) is 12.7 Å². The highest BCUT2D eigenvalue weighted by molar-refractivity contribution is 5.86. The normalized spacial score (nSPS) is 16.9. The molecule has 0 N–H and O–H groups in total. The Morgan fingerprint density at radius 3 is 2.88 bits per heavy atom. The molecule has 0 aromatic heterocycles. The average Bonchev–Trinajstić information content (AvgIpc) is 2.29. The molecule has 0 heterocycles. The summed E-state index contributed by atoms with van der Waals surface area (Å²) in [4.78, 5) is 11.1. The minimum Gasteiger partial charge on any atom is -0.460 e. The molecule has 0 amide bonds. The number of ether oxygens (including phenoxy) is 2. The van der Waals surface area contributed by atoms with Crippen molar-refractivity contribution in [3.8, 4) is 0 Å². The molecule has 2 rings (SSSR count). The van der Waals surface area contributed by atoms with E-state index in [-0.39, 0.29) is 18.7 Å². The Bertz CT molecular complexity index is 437. The molecule has 0 radical (unpaired) electrons. The molecule has 17 heavy (non-hydrogen) atoms. The first-order valence-electron chi connectivity index (χ1n) is 5.70. The fraction of sp³-hybridized carbons (Fsp3) is 0.357. The standard InChI is InChI=1S/C14H16O3/c1-10(2)14(15)17-8-7-16-13-9-11-5-3-4-6-12(11)13/h3-6,13H,1,7-9H2,2H3. The molecule has 0 saturated heterocycles.